The Morgan fingerprint density at radius 3 is 2.24 bits per heavy atom. The predicted molar refractivity (Wildman–Crippen MR) is 273 cm³/mol. The van der Waals surface area contributed by atoms with Crippen molar-refractivity contribution in [2.24, 2.45) is 35.5 Å². The average Bonchev–Trinajstić information content (AvgIpc) is 3.33. The van der Waals surface area contributed by atoms with Crippen molar-refractivity contribution in [2.45, 2.75) is 193 Å². The van der Waals surface area contributed by atoms with Crippen molar-refractivity contribution in [3.05, 3.63) is 77.4 Å². The quantitative estimate of drug-likeness (QED) is 0.116. The summed E-state index contributed by atoms with van der Waals surface area (Å²) in [5, 5.41) is 37.9. The van der Waals surface area contributed by atoms with Gasteiger partial charge in [0.25, 0.3) is 11.7 Å². The normalized spacial score (nSPS) is 38.2. The zero-order valence-corrected chi connectivity index (χ0v) is 43.8. The highest BCUT2D eigenvalue weighted by Gasteiger charge is 2.53. The summed E-state index contributed by atoms with van der Waals surface area (Å²) in [5.74, 6) is -6.13. The Balaban J connectivity index is 1.48. The summed E-state index contributed by atoms with van der Waals surface area (Å²) < 4.78 is 24.1. The van der Waals surface area contributed by atoms with Crippen molar-refractivity contribution in [3.8, 4) is 0 Å². The average molecular weight is 975 g/mol. The highest BCUT2D eigenvalue weighted by molar-refractivity contribution is 6.39. The molecule has 1 aromatic rings. The Kier molecular flexibility index (Phi) is 21.7. The van der Waals surface area contributed by atoms with Crippen LogP contribution in [0, 0.1) is 42.4 Å². The number of nitrogens with zero attached hydrogens (tertiary/aromatic N) is 1. The van der Waals surface area contributed by atoms with E-state index in [1.165, 1.54) is 12.0 Å². The minimum atomic E-state index is -2.40. The molecule has 4 N–H and O–H groups in total. The molecule has 4 aliphatic rings. The van der Waals surface area contributed by atoms with Crippen molar-refractivity contribution < 1.29 is 53.4 Å². The van der Waals surface area contributed by atoms with Gasteiger partial charge in [0.05, 0.1) is 18.3 Å². The van der Waals surface area contributed by atoms with Crippen LogP contribution in [0.4, 0.5) is 5.69 Å². The topological polar surface area (TPSA) is 181 Å². The number of amides is 1. The standard InChI is InChI=1S/C57H86N2O11/c1-35-19-24-44(25-20-35)58-46-34-45-26-22-42(8)57(66,70-45)54(63)55(64)59-29-15-14-18-47(59)56(65)69-49(39(5)32-43-23-27-48(60)50(33-43)67-9)28-21-37(3)31-41(7)52(62)53(68-10)51(61)40(6)30-36(2)16-12-11-13-17-38(46)4/h11-13,16-17,19-20,24-25,31,36-37,39-40,42-43,45-50,52-53,58,60,62,66H,14-15,18,21-23,26-30,32-34H2,1-10H3/b13-11+,16-12+,38-17+,41-31+/t36-,37+,39-,40-,42-,43-,45+,46+,47+,48-,49+,50-,52-,53+,57-/m1/s1. The number of anilines is 1. The summed E-state index contributed by atoms with van der Waals surface area (Å²) in [5.41, 5.74) is 3.61. The van der Waals surface area contributed by atoms with E-state index < -0.39 is 65.9 Å². The molecule has 1 aromatic carbocycles. The molecule has 0 aromatic heterocycles. The summed E-state index contributed by atoms with van der Waals surface area (Å²) in [4.78, 5) is 58.5. The number of aliphatic hydroxyl groups is 3. The zero-order chi connectivity index (χ0) is 51.3. The number of aryl methyl sites for hydroxylation is 1. The van der Waals surface area contributed by atoms with E-state index in [0.29, 0.717) is 76.2 Å². The maximum Gasteiger partial charge on any atom is 0.329 e. The van der Waals surface area contributed by atoms with Crippen molar-refractivity contribution in [1.29, 1.82) is 0 Å². The number of cyclic esters (lactones) is 1. The molecule has 1 aliphatic carbocycles. The Morgan fingerprint density at radius 2 is 1.54 bits per heavy atom. The van der Waals surface area contributed by atoms with Gasteiger partial charge in [-0.25, -0.2) is 4.79 Å². The van der Waals surface area contributed by atoms with Gasteiger partial charge in [-0.1, -0.05) is 94.3 Å². The monoisotopic (exact) mass is 975 g/mol. The van der Waals surface area contributed by atoms with Crippen LogP contribution in [0.25, 0.3) is 0 Å². The molecule has 390 valence electrons. The molecular formula is C57H86N2O11. The lowest BCUT2D eigenvalue weighted by Gasteiger charge is -2.43. The number of esters is 1. The molecule has 5 rings (SSSR count). The lowest BCUT2D eigenvalue weighted by Crippen LogP contribution is -2.61. The number of ketones is 2. The number of carbonyl (C=O) groups is 4. The summed E-state index contributed by atoms with van der Waals surface area (Å²) in [6.45, 7) is 15.7. The number of hydrogen-bond acceptors (Lipinski definition) is 12. The number of aliphatic hydroxyl groups excluding tert-OH is 2. The number of rotatable bonds is 7. The number of piperidine rings is 1. The fraction of sp³-hybridized carbons (Fsp3) is 0.684. The molecule has 2 saturated heterocycles. The first-order chi connectivity index (χ1) is 33.3. The van der Waals surface area contributed by atoms with Crippen LogP contribution in [-0.2, 0) is 38.1 Å². The smallest absolute Gasteiger partial charge is 0.329 e. The summed E-state index contributed by atoms with van der Waals surface area (Å²) in [6, 6.07) is 6.78. The van der Waals surface area contributed by atoms with Gasteiger partial charge in [0.1, 0.15) is 24.4 Å². The number of allylic oxidation sites excluding steroid dienone is 6. The number of ether oxygens (including phenoxy) is 4. The fourth-order valence-corrected chi connectivity index (χ4v) is 11.1. The fourth-order valence-electron chi connectivity index (χ4n) is 11.1. The van der Waals surface area contributed by atoms with E-state index in [1.807, 2.05) is 82.3 Å². The number of methoxy groups -OCH3 is 2. The minimum absolute atomic E-state index is 0.0578. The predicted octanol–water partition coefficient (Wildman–Crippen LogP) is 8.78. The third-order valence-electron chi connectivity index (χ3n) is 15.7. The molecule has 15 atom stereocenters. The number of carbonyl (C=O) groups excluding carboxylic acids is 4. The third kappa shape index (κ3) is 15.3. The molecule has 1 saturated carbocycles. The highest BCUT2D eigenvalue weighted by atomic mass is 16.6. The molecule has 3 heterocycles. The number of nitrogens with one attached hydrogen (secondary N) is 1. The zero-order valence-electron chi connectivity index (χ0n) is 43.8. The first-order valence-corrected chi connectivity index (χ1v) is 26.2. The van der Waals surface area contributed by atoms with Crippen LogP contribution >= 0.6 is 0 Å². The molecule has 0 radical (unpaired) electrons. The van der Waals surface area contributed by atoms with Gasteiger partial charge in [-0.3, -0.25) is 14.4 Å². The Hall–Kier alpha value is -3.98. The van der Waals surface area contributed by atoms with E-state index in [2.05, 4.69) is 25.2 Å². The molecule has 3 aliphatic heterocycles. The molecular weight excluding hydrogens is 889 g/mol. The molecule has 1 amide bonds. The SMILES string of the molecule is CO[C@@H]1C[C@@H](C[C@@H](C)[C@@H]2CC[C@H](C)/C=C(\C)[C@@H](O)[C@@H](OC)C(=O)[C@H](C)C[C@H](C)/C=C/C=C/C=C(\C)[C@@H](Nc3ccc(C)cc3)C[C@@H]3CC[C@@H](C)[C@@](O)(O3)C(=O)C(=O)N3CCCC[C@H]3C(=O)O2)CC[C@H]1O. The molecule has 70 heavy (non-hydrogen) atoms. The van der Waals surface area contributed by atoms with Crippen molar-refractivity contribution in [1.82, 2.24) is 4.90 Å². The van der Waals surface area contributed by atoms with Crippen LogP contribution < -0.4 is 5.32 Å². The van der Waals surface area contributed by atoms with Crippen molar-refractivity contribution in [3.63, 3.8) is 0 Å². The number of Topliss-reactive ketones (excluding diaryl/α,β-unsaturated/α-hetero) is 2. The van der Waals surface area contributed by atoms with Gasteiger partial charge in [0.15, 0.2) is 5.78 Å². The maximum atomic E-state index is 14.5. The number of benzene rings is 1. The van der Waals surface area contributed by atoms with E-state index in [1.54, 1.807) is 21.0 Å². The second kappa shape index (κ2) is 26.6. The number of hydrogen-bond donors (Lipinski definition) is 4. The summed E-state index contributed by atoms with van der Waals surface area (Å²) >= 11 is 0. The second-order valence-electron chi connectivity index (χ2n) is 21.5. The van der Waals surface area contributed by atoms with Crippen LogP contribution in [0.15, 0.2) is 71.9 Å². The maximum absolute atomic E-state index is 14.5. The lowest BCUT2D eigenvalue weighted by molar-refractivity contribution is -0.263. The highest BCUT2D eigenvalue weighted by Crippen LogP contribution is 2.38. The molecule has 2 bridgehead atoms. The number of fused-ring (bicyclic) bond motifs is 3. The summed E-state index contributed by atoms with van der Waals surface area (Å²) in [7, 11) is 3.06. The minimum Gasteiger partial charge on any atom is -0.461 e. The van der Waals surface area contributed by atoms with Gasteiger partial charge < -0.3 is 44.5 Å². The second-order valence-corrected chi connectivity index (χ2v) is 21.5. The first-order valence-electron chi connectivity index (χ1n) is 26.2. The summed E-state index contributed by atoms with van der Waals surface area (Å²) in [6.07, 6.45) is 15.1. The van der Waals surface area contributed by atoms with Crippen LogP contribution in [0.5, 0.6) is 0 Å². The molecule has 3 fully saturated rings. The molecule has 0 spiro atoms. The van der Waals surface area contributed by atoms with E-state index in [9.17, 15) is 34.5 Å². The van der Waals surface area contributed by atoms with E-state index in [0.717, 1.165) is 29.7 Å². The lowest BCUT2D eigenvalue weighted by atomic mass is 9.78. The van der Waals surface area contributed by atoms with Crippen molar-refractivity contribution in [2.75, 3.05) is 26.1 Å². The molecule has 13 heteroatoms. The van der Waals surface area contributed by atoms with E-state index in [4.69, 9.17) is 18.9 Å². The van der Waals surface area contributed by atoms with Gasteiger partial charge in [0, 0.05) is 44.3 Å². The van der Waals surface area contributed by atoms with Crippen LogP contribution in [-0.4, -0.2) is 119 Å². The largest absolute Gasteiger partial charge is 0.461 e. The molecule has 13 nitrogen and oxygen atoms in total. The van der Waals surface area contributed by atoms with Gasteiger partial charge in [-0.05, 0) is 146 Å². The van der Waals surface area contributed by atoms with Gasteiger partial charge >= 0.3 is 5.97 Å². The van der Waals surface area contributed by atoms with E-state index >= 15 is 0 Å². The third-order valence-corrected chi connectivity index (χ3v) is 15.7. The van der Waals surface area contributed by atoms with Gasteiger partial charge in [0.2, 0.25) is 5.79 Å². The Morgan fingerprint density at radius 1 is 0.814 bits per heavy atom. The van der Waals surface area contributed by atoms with Crippen LogP contribution in [0.3, 0.4) is 0 Å². The van der Waals surface area contributed by atoms with Crippen LogP contribution in [0.1, 0.15) is 138 Å². The van der Waals surface area contributed by atoms with Crippen molar-refractivity contribution >= 4 is 29.1 Å². The first kappa shape index (κ1) is 56.9. The Labute approximate surface area is 418 Å². The Bertz CT molecular complexity index is 2010. The van der Waals surface area contributed by atoms with Gasteiger partial charge in [-0.2, -0.15) is 0 Å². The molecule has 0 unspecified atom stereocenters. The van der Waals surface area contributed by atoms with Gasteiger partial charge in [-0.15, -0.1) is 0 Å². The van der Waals surface area contributed by atoms with E-state index in [-0.39, 0.29) is 54.1 Å². The van der Waals surface area contributed by atoms with Crippen LogP contribution in [0.2, 0.25) is 0 Å².